The summed E-state index contributed by atoms with van der Waals surface area (Å²) >= 11 is 0. The lowest BCUT2D eigenvalue weighted by Gasteiger charge is -1.99. The van der Waals surface area contributed by atoms with Gasteiger partial charge in [0.05, 0.1) is 10.8 Å². The molecule has 0 aromatic heterocycles. The first kappa shape index (κ1) is 9.20. The molecule has 0 heterocycles. The normalized spacial score (nSPS) is 12.4. The highest BCUT2D eigenvalue weighted by Gasteiger charge is 1.98. The molecule has 12 heavy (non-hydrogen) atoms. The molecule has 1 aromatic carbocycles. The number of hydrogen-bond acceptors (Lipinski definition) is 1. The third-order valence-electron chi connectivity index (χ3n) is 1.69. The van der Waals surface area contributed by atoms with Crippen LogP contribution >= 0.6 is 0 Å². The molecule has 0 radical (unpaired) electrons. The van der Waals surface area contributed by atoms with E-state index in [9.17, 15) is 4.21 Å². The molecule has 64 valence electrons. The molecule has 0 saturated heterocycles. The minimum absolute atomic E-state index is 0.837. The van der Waals surface area contributed by atoms with Crippen LogP contribution in [0.1, 0.15) is 12.5 Å². The molecular formula is C10H12OS. The SMILES string of the molecule is C=CS(=O)c1cccc(CC)c1. The van der Waals surface area contributed by atoms with Crippen LogP contribution in [0.5, 0.6) is 0 Å². The maximum atomic E-state index is 11.3. The Labute approximate surface area is 75.6 Å². The summed E-state index contributed by atoms with van der Waals surface area (Å²) in [4.78, 5) is 0.837. The zero-order valence-corrected chi connectivity index (χ0v) is 7.93. The number of benzene rings is 1. The van der Waals surface area contributed by atoms with Crippen LogP contribution in [0, 0.1) is 0 Å². The molecule has 0 aliphatic carbocycles. The predicted molar refractivity (Wildman–Crippen MR) is 52.4 cm³/mol. The minimum atomic E-state index is -1.04. The minimum Gasteiger partial charge on any atom is -0.250 e. The molecule has 0 N–H and O–H groups in total. The number of aryl methyl sites for hydroxylation is 1. The van der Waals surface area contributed by atoms with Crippen molar-refractivity contribution in [3.05, 3.63) is 41.8 Å². The molecule has 0 aliphatic rings. The topological polar surface area (TPSA) is 17.1 Å². The van der Waals surface area contributed by atoms with Gasteiger partial charge in [0, 0.05) is 10.3 Å². The van der Waals surface area contributed by atoms with E-state index in [2.05, 4.69) is 13.5 Å². The molecule has 0 saturated carbocycles. The molecule has 0 fully saturated rings. The van der Waals surface area contributed by atoms with Gasteiger partial charge in [-0.3, -0.25) is 0 Å². The highest BCUT2D eigenvalue weighted by Crippen LogP contribution is 2.10. The largest absolute Gasteiger partial charge is 0.250 e. The second-order valence-corrected chi connectivity index (χ2v) is 3.86. The van der Waals surface area contributed by atoms with E-state index >= 15 is 0 Å². The van der Waals surface area contributed by atoms with Crippen LogP contribution in [0.3, 0.4) is 0 Å². The Morgan fingerprint density at radius 1 is 1.58 bits per heavy atom. The van der Waals surface area contributed by atoms with Crippen molar-refractivity contribution in [2.75, 3.05) is 0 Å². The Bertz CT molecular complexity index is 304. The lowest BCUT2D eigenvalue weighted by atomic mass is 10.2. The second kappa shape index (κ2) is 4.21. The third-order valence-corrected chi connectivity index (χ3v) is 2.71. The fourth-order valence-corrected chi connectivity index (χ4v) is 1.66. The monoisotopic (exact) mass is 180 g/mol. The van der Waals surface area contributed by atoms with Crippen molar-refractivity contribution in [1.29, 1.82) is 0 Å². The second-order valence-electron chi connectivity index (χ2n) is 2.47. The van der Waals surface area contributed by atoms with Gasteiger partial charge >= 0.3 is 0 Å². The Hall–Kier alpha value is -0.890. The third kappa shape index (κ3) is 2.05. The van der Waals surface area contributed by atoms with Crippen molar-refractivity contribution in [2.45, 2.75) is 18.2 Å². The summed E-state index contributed by atoms with van der Waals surface area (Å²) in [5.74, 6) is 0. The molecule has 0 spiro atoms. The van der Waals surface area contributed by atoms with E-state index in [4.69, 9.17) is 0 Å². The first-order valence-corrected chi connectivity index (χ1v) is 5.11. The quantitative estimate of drug-likeness (QED) is 0.698. The van der Waals surface area contributed by atoms with E-state index in [1.807, 2.05) is 24.3 Å². The average molecular weight is 180 g/mol. The highest BCUT2D eigenvalue weighted by atomic mass is 32.2. The summed E-state index contributed by atoms with van der Waals surface area (Å²) in [5, 5.41) is 1.45. The molecule has 1 atom stereocenters. The molecule has 0 bridgehead atoms. The number of rotatable bonds is 3. The van der Waals surface area contributed by atoms with Gasteiger partial charge in [0.2, 0.25) is 0 Å². The van der Waals surface area contributed by atoms with E-state index in [-0.39, 0.29) is 0 Å². The van der Waals surface area contributed by atoms with E-state index in [1.165, 1.54) is 11.0 Å². The van der Waals surface area contributed by atoms with Crippen molar-refractivity contribution >= 4 is 10.8 Å². The van der Waals surface area contributed by atoms with Crippen molar-refractivity contribution in [1.82, 2.24) is 0 Å². The molecule has 0 aliphatic heterocycles. The van der Waals surface area contributed by atoms with Gasteiger partial charge in [-0.1, -0.05) is 25.6 Å². The first-order chi connectivity index (χ1) is 5.77. The van der Waals surface area contributed by atoms with Crippen LogP contribution < -0.4 is 0 Å². The Kier molecular flexibility index (Phi) is 3.23. The Morgan fingerprint density at radius 3 is 2.92 bits per heavy atom. The summed E-state index contributed by atoms with van der Waals surface area (Å²) in [5.41, 5.74) is 1.21. The highest BCUT2D eigenvalue weighted by molar-refractivity contribution is 7.88. The van der Waals surface area contributed by atoms with Crippen LogP contribution in [-0.4, -0.2) is 4.21 Å². The summed E-state index contributed by atoms with van der Waals surface area (Å²) < 4.78 is 11.3. The zero-order valence-electron chi connectivity index (χ0n) is 7.12. The Balaban J connectivity index is 3.01. The molecular weight excluding hydrogens is 168 g/mol. The average Bonchev–Trinajstić information content (AvgIpc) is 2.17. The van der Waals surface area contributed by atoms with Gasteiger partial charge in [-0.2, -0.15) is 0 Å². The van der Waals surface area contributed by atoms with Gasteiger partial charge < -0.3 is 0 Å². The fourth-order valence-electron chi connectivity index (χ4n) is 0.987. The van der Waals surface area contributed by atoms with Crippen molar-refractivity contribution in [3.8, 4) is 0 Å². The fraction of sp³-hybridized carbons (Fsp3) is 0.200. The van der Waals surface area contributed by atoms with E-state index in [0.29, 0.717) is 0 Å². The van der Waals surface area contributed by atoms with Gasteiger partial charge in [0.1, 0.15) is 0 Å². The smallest absolute Gasteiger partial charge is 0.0770 e. The summed E-state index contributed by atoms with van der Waals surface area (Å²) in [6, 6.07) is 7.77. The molecule has 1 unspecified atom stereocenters. The first-order valence-electron chi connectivity index (χ1n) is 3.90. The number of hydrogen-bond donors (Lipinski definition) is 0. The van der Waals surface area contributed by atoms with Gasteiger partial charge in [-0.15, -0.1) is 0 Å². The van der Waals surface area contributed by atoms with Gasteiger partial charge in [-0.05, 0) is 24.1 Å². The van der Waals surface area contributed by atoms with E-state index in [0.717, 1.165) is 11.3 Å². The van der Waals surface area contributed by atoms with Crippen LogP contribution in [0.2, 0.25) is 0 Å². The summed E-state index contributed by atoms with van der Waals surface area (Å²) in [6.07, 6.45) is 0.974. The van der Waals surface area contributed by atoms with E-state index < -0.39 is 10.8 Å². The maximum absolute atomic E-state index is 11.3. The van der Waals surface area contributed by atoms with Crippen LogP contribution in [0.15, 0.2) is 41.1 Å². The van der Waals surface area contributed by atoms with Crippen molar-refractivity contribution < 1.29 is 4.21 Å². The van der Waals surface area contributed by atoms with Crippen LogP contribution in [-0.2, 0) is 17.2 Å². The molecule has 1 rings (SSSR count). The van der Waals surface area contributed by atoms with Crippen LogP contribution in [0.25, 0.3) is 0 Å². The standard InChI is InChI=1S/C10H12OS/c1-3-9-6-5-7-10(8-9)12(11)4-2/h4-8H,2-3H2,1H3. The summed E-state index contributed by atoms with van der Waals surface area (Å²) in [6.45, 7) is 5.57. The zero-order chi connectivity index (χ0) is 8.97. The van der Waals surface area contributed by atoms with Gasteiger partial charge in [0.15, 0.2) is 0 Å². The molecule has 1 aromatic rings. The molecule has 1 nitrogen and oxygen atoms in total. The Morgan fingerprint density at radius 2 is 2.33 bits per heavy atom. The van der Waals surface area contributed by atoms with E-state index in [1.54, 1.807) is 0 Å². The summed E-state index contributed by atoms with van der Waals surface area (Å²) in [7, 11) is -1.04. The van der Waals surface area contributed by atoms with Crippen LogP contribution in [0.4, 0.5) is 0 Å². The van der Waals surface area contributed by atoms with Gasteiger partial charge in [-0.25, -0.2) is 4.21 Å². The lowest BCUT2D eigenvalue weighted by molar-refractivity contribution is 0.688. The van der Waals surface area contributed by atoms with Crippen molar-refractivity contribution in [3.63, 3.8) is 0 Å². The van der Waals surface area contributed by atoms with Crippen molar-refractivity contribution in [2.24, 2.45) is 0 Å². The maximum Gasteiger partial charge on any atom is 0.0770 e. The molecule has 0 amide bonds. The van der Waals surface area contributed by atoms with Gasteiger partial charge in [0.25, 0.3) is 0 Å². The molecule has 2 heteroatoms. The predicted octanol–water partition coefficient (Wildman–Crippen LogP) is 2.50. The lowest BCUT2D eigenvalue weighted by Crippen LogP contribution is -1.87.